The summed E-state index contributed by atoms with van der Waals surface area (Å²) in [6.07, 6.45) is 3.88. The van der Waals surface area contributed by atoms with Crippen molar-refractivity contribution in [1.82, 2.24) is 10.2 Å². The fourth-order valence-corrected chi connectivity index (χ4v) is 3.67. The minimum absolute atomic E-state index is 0.621. The van der Waals surface area contributed by atoms with Crippen molar-refractivity contribution in [2.45, 2.75) is 38.3 Å². The van der Waals surface area contributed by atoms with Gasteiger partial charge in [-0.3, -0.25) is 4.90 Å². The Kier molecular flexibility index (Phi) is 4.27. The molecule has 2 saturated heterocycles. The van der Waals surface area contributed by atoms with E-state index in [0.717, 1.165) is 24.1 Å². The number of likely N-dealkylation sites (tertiary alicyclic amines) is 1. The number of fused-ring (bicyclic) bond motifs is 1. The topological polar surface area (TPSA) is 24.5 Å². The SMILES string of the molecule is COc1ccc(CC(C)N2CC3CCCNC3C2)cc1. The lowest BCUT2D eigenvalue weighted by Gasteiger charge is -2.25. The lowest BCUT2D eigenvalue weighted by Crippen LogP contribution is -2.41. The fraction of sp³-hybridized carbons (Fsp3) is 0.647. The first kappa shape index (κ1) is 13.9. The molecule has 1 aromatic carbocycles. The average Bonchev–Trinajstić information content (AvgIpc) is 2.92. The summed E-state index contributed by atoms with van der Waals surface area (Å²) < 4.78 is 5.22. The molecule has 1 N–H and O–H groups in total. The standard InChI is InChI=1S/C17H26N2O/c1-13(10-14-5-7-16(20-2)8-6-14)19-11-15-4-3-9-18-17(15)12-19/h5-8,13,15,17-18H,3-4,9-12H2,1-2H3. The number of benzene rings is 1. The number of methoxy groups -OCH3 is 1. The van der Waals surface area contributed by atoms with Gasteiger partial charge in [0, 0.05) is 25.2 Å². The third-order valence-electron chi connectivity index (χ3n) is 4.94. The number of hydrogen-bond acceptors (Lipinski definition) is 3. The van der Waals surface area contributed by atoms with Crippen LogP contribution in [-0.4, -0.2) is 43.7 Å². The van der Waals surface area contributed by atoms with Gasteiger partial charge < -0.3 is 10.1 Å². The third kappa shape index (κ3) is 2.99. The van der Waals surface area contributed by atoms with Gasteiger partial charge in [-0.25, -0.2) is 0 Å². The van der Waals surface area contributed by atoms with Crippen LogP contribution >= 0.6 is 0 Å². The zero-order valence-electron chi connectivity index (χ0n) is 12.6. The van der Waals surface area contributed by atoms with E-state index in [-0.39, 0.29) is 0 Å². The van der Waals surface area contributed by atoms with Crippen LogP contribution in [0.15, 0.2) is 24.3 Å². The molecule has 3 nitrogen and oxygen atoms in total. The maximum Gasteiger partial charge on any atom is 0.118 e. The van der Waals surface area contributed by atoms with E-state index in [1.165, 1.54) is 38.0 Å². The summed E-state index contributed by atoms with van der Waals surface area (Å²) >= 11 is 0. The predicted molar refractivity (Wildman–Crippen MR) is 82.2 cm³/mol. The Balaban J connectivity index is 1.57. The van der Waals surface area contributed by atoms with E-state index >= 15 is 0 Å². The molecule has 0 radical (unpaired) electrons. The van der Waals surface area contributed by atoms with E-state index in [0.29, 0.717) is 6.04 Å². The molecule has 0 aromatic heterocycles. The Hall–Kier alpha value is -1.06. The minimum Gasteiger partial charge on any atom is -0.497 e. The Bertz CT molecular complexity index is 417. The van der Waals surface area contributed by atoms with Crippen molar-refractivity contribution in [3.63, 3.8) is 0 Å². The molecule has 2 heterocycles. The van der Waals surface area contributed by atoms with Crippen LogP contribution in [0.2, 0.25) is 0 Å². The highest BCUT2D eigenvalue weighted by molar-refractivity contribution is 5.27. The van der Waals surface area contributed by atoms with Crippen LogP contribution in [0, 0.1) is 5.92 Å². The van der Waals surface area contributed by atoms with Gasteiger partial charge in [-0.2, -0.15) is 0 Å². The van der Waals surface area contributed by atoms with E-state index < -0.39 is 0 Å². The zero-order valence-corrected chi connectivity index (χ0v) is 12.6. The van der Waals surface area contributed by atoms with E-state index in [1.807, 2.05) is 0 Å². The number of hydrogen-bond donors (Lipinski definition) is 1. The van der Waals surface area contributed by atoms with Crippen LogP contribution in [0.1, 0.15) is 25.3 Å². The van der Waals surface area contributed by atoms with Crippen molar-refractivity contribution in [3.8, 4) is 5.75 Å². The van der Waals surface area contributed by atoms with E-state index in [2.05, 4.69) is 41.4 Å². The molecule has 0 aliphatic carbocycles. The Morgan fingerprint density at radius 3 is 2.80 bits per heavy atom. The second kappa shape index (κ2) is 6.15. The first-order valence-corrected chi connectivity index (χ1v) is 7.86. The monoisotopic (exact) mass is 274 g/mol. The summed E-state index contributed by atoms with van der Waals surface area (Å²) in [7, 11) is 1.72. The molecule has 1 aromatic rings. The molecule has 2 aliphatic heterocycles. The first-order chi connectivity index (χ1) is 9.76. The largest absolute Gasteiger partial charge is 0.497 e. The second-order valence-corrected chi connectivity index (χ2v) is 6.32. The van der Waals surface area contributed by atoms with Crippen LogP contribution < -0.4 is 10.1 Å². The molecular weight excluding hydrogens is 248 g/mol. The Morgan fingerprint density at radius 1 is 1.30 bits per heavy atom. The maximum atomic E-state index is 5.22. The molecule has 0 bridgehead atoms. The smallest absolute Gasteiger partial charge is 0.118 e. The number of ether oxygens (including phenoxy) is 1. The van der Waals surface area contributed by atoms with Gasteiger partial charge in [0.15, 0.2) is 0 Å². The summed E-state index contributed by atoms with van der Waals surface area (Å²) in [5, 5.41) is 3.69. The number of nitrogens with one attached hydrogen (secondary N) is 1. The predicted octanol–water partition coefficient (Wildman–Crippen LogP) is 2.31. The van der Waals surface area contributed by atoms with Crippen molar-refractivity contribution < 1.29 is 4.74 Å². The maximum absolute atomic E-state index is 5.22. The van der Waals surface area contributed by atoms with Gasteiger partial charge in [0.1, 0.15) is 5.75 Å². The molecule has 3 unspecified atom stereocenters. The molecule has 110 valence electrons. The summed E-state index contributed by atoms with van der Waals surface area (Å²) in [6.45, 7) is 6.07. The summed E-state index contributed by atoms with van der Waals surface area (Å²) in [5.41, 5.74) is 1.40. The summed E-state index contributed by atoms with van der Waals surface area (Å²) in [5.74, 6) is 1.82. The highest BCUT2D eigenvalue weighted by atomic mass is 16.5. The van der Waals surface area contributed by atoms with Gasteiger partial charge >= 0.3 is 0 Å². The quantitative estimate of drug-likeness (QED) is 0.912. The molecule has 2 fully saturated rings. The fourth-order valence-electron chi connectivity index (χ4n) is 3.67. The number of nitrogens with zero attached hydrogens (tertiary/aromatic N) is 1. The number of piperidine rings is 1. The zero-order chi connectivity index (χ0) is 13.9. The normalized spacial score (nSPS) is 28.1. The van der Waals surface area contributed by atoms with E-state index in [1.54, 1.807) is 7.11 Å². The van der Waals surface area contributed by atoms with Gasteiger partial charge in [0.25, 0.3) is 0 Å². The summed E-state index contributed by atoms with van der Waals surface area (Å²) in [4.78, 5) is 2.66. The van der Waals surface area contributed by atoms with Crippen molar-refractivity contribution in [2.75, 3.05) is 26.7 Å². The molecule has 20 heavy (non-hydrogen) atoms. The highest BCUT2D eigenvalue weighted by Gasteiger charge is 2.35. The lowest BCUT2D eigenvalue weighted by atomic mass is 9.94. The average molecular weight is 274 g/mol. The molecule has 3 heteroatoms. The van der Waals surface area contributed by atoms with Crippen LogP contribution in [0.4, 0.5) is 0 Å². The van der Waals surface area contributed by atoms with Gasteiger partial charge in [-0.05, 0) is 56.3 Å². The molecule has 3 rings (SSSR count). The Morgan fingerprint density at radius 2 is 2.10 bits per heavy atom. The molecular formula is C17H26N2O. The van der Waals surface area contributed by atoms with Gasteiger partial charge in [0.2, 0.25) is 0 Å². The van der Waals surface area contributed by atoms with Crippen molar-refractivity contribution in [2.24, 2.45) is 5.92 Å². The molecule has 0 saturated carbocycles. The van der Waals surface area contributed by atoms with Crippen molar-refractivity contribution in [3.05, 3.63) is 29.8 Å². The first-order valence-electron chi connectivity index (χ1n) is 7.86. The van der Waals surface area contributed by atoms with Crippen LogP contribution in [-0.2, 0) is 6.42 Å². The van der Waals surface area contributed by atoms with Crippen LogP contribution in [0.5, 0.6) is 5.75 Å². The highest BCUT2D eigenvalue weighted by Crippen LogP contribution is 2.27. The Labute approximate surface area is 122 Å². The molecule has 0 spiro atoms. The van der Waals surface area contributed by atoms with E-state index in [4.69, 9.17) is 4.74 Å². The van der Waals surface area contributed by atoms with Gasteiger partial charge in [-0.15, -0.1) is 0 Å². The van der Waals surface area contributed by atoms with Crippen LogP contribution in [0.3, 0.4) is 0 Å². The van der Waals surface area contributed by atoms with Gasteiger partial charge in [-0.1, -0.05) is 12.1 Å². The van der Waals surface area contributed by atoms with E-state index in [9.17, 15) is 0 Å². The number of rotatable bonds is 4. The van der Waals surface area contributed by atoms with Crippen molar-refractivity contribution in [1.29, 1.82) is 0 Å². The molecule has 3 atom stereocenters. The lowest BCUT2D eigenvalue weighted by molar-refractivity contribution is 0.246. The summed E-state index contributed by atoms with van der Waals surface area (Å²) in [6, 6.07) is 9.87. The van der Waals surface area contributed by atoms with Crippen LogP contribution in [0.25, 0.3) is 0 Å². The van der Waals surface area contributed by atoms with Gasteiger partial charge in [0.05, 0.1) is 7.11 Å². The van der Waals surface area contributed by atoms with Crippen molar-refractivity contribution >= 4 is 0 Å². The molecule has 0 amide bonds. The minimum atomic E-state index is 0.621. The third-order valence-corrected chi connectivity index (χ3v) is 4.94. The second-order valence-electron chi connectivity index (χ2n) is 6.32. The molecule has 2 aliphatic rings.